The second kappa shape index (κ2) is 13.8. The van der Waals surface area contributed by atoms with Crippen LogP contribution in [0.25, 0.3) is 0 Å². The SMILES string of the molecule is CC[C@H](C)[C@H](NC(=O)[C@H](Cc1ccccc1)NC(=O)c1ccc(Cl)cc1OC[C@H](N)C(C)C)C(=O)O. The Morgan fingerprint density at radius 1 is 1.06 bits per heavy atom. The maximum absolute atomic E-state index is 13.3. The van der Waals surface area contributed by atoms with Gasteiger partial charge < -0.3 is 26.2 Å². The smallest absolute Gasteiger partial charge is 0.326 e. The number of rotatable bonds is 13. The van der Waals surface area contributed by atoms with E-state index in [9.17, 15) is 19.5 Å². The number of ether oxygens (including phenoxy) is 1. The number of carbonyl (C=O) groups excluding carboxylic acids is 2. The van der Waals surface area contributed by atoms with Gasteiger partial charge in [-0.15, -0.1) is 0 Å². The molecule has 36 heavy (non-hydrogen) atoms. The van der Waals surface area contributed by atoms with E-state index >= 15 is 0 Å². The summed E-state index contributed by atoms with van der Waals surface area (Å²) in [5.41, 5.74) is 7.08. The molecule has 0 unspecified atom stereocenters. The van der Waals surface area contributed by atoms with Crippen molar-refractivity contribution in [3.8, 4) is 5.75 Å². The fraction of sp³-hybridized carbons (Fsp3) is 0.444. The van der Waals surface area contributed by atoms with E-state index in [4.69, 9.17) is 22.1 Å². The molecule has 9 heteroatoms. The normalized spacial score (nSPS) is 14.4. The summed E-state index contributed by atoms with van der Waals surface area (Å²) in [6.07, 6.45) is 0.740. The summed E-state index contributed by atoms with van der Waals surface area (Å²) in [6.45, 7) is 7.72. The monoisotopic (exact) mass is 517 g/mol. The molecule has 2 aromatic carbocycles. The van der Waals surface area contributed by atoms with E-state index in [1.54, 1.807) is 13.0 Å². The molecule has 8 nitrogen and oxygen atoms in total. The predicted molar refractivity (Wildman–Crippen MR) is 140 cm³/mol. The first-order valence-electron chi connectivity index (χ1n) is 12.1. The quantitative estimate of drug-likeness (QED) is 0.321. The first-order chi connectivity index (χ1) is 17.0. The van der Waals surface area contributed by atoms with E-state index in [0.29, 0.717) is 11.4 Å². The van der Waals surface area contributed by atoms with Gasteiger partial charge in [0, 0.05) is 17.5 Å². The fourth-order valence-electron chi connectivity index (χ4n) is 3.41. The summed E-state index contributed by atoms with van der Waals surface area (Å²) in [7, 11) is 0. The molecule has 0 radical (unpaired) electrons. The van der Waals surface area contributed by atoms with Gasteiger partial charge in [0.15, 0.2) is 0 Å². The Bertz CT molecular complexity index is 1030. The number of hydrogen-bond acceptors (Lipinski definition) is 5. The molecule has 2 amide bonds. The van der Waals surface area contributed by atoms with Crippen LogP contribution in [0.15, 0.2) is 48.5 Å². The first-order valence-corrected chi connectivity index (χ1v) is 12.5. The first kappa shape index (κ1) is 29.1. The molecule has 0 saturated carbocycles. The van der Waals surface area contributed by atoms with Gasteiger partial charge in [0.2, 0.25) is 5.91 Å². The van der Waals surface area contributed by atoms with E-state index in [2.05, 4.69) is 10.6 Å². The predicted octanol–water partition coefficient (Wildman–Crippen LogP) is 3.66. The van der Waals surface area contributed by atoms with Gasteiger partial charge in [0.05, 0.1) is 5.56 Å². The van der Waals surface area contributed by atoms with Crippen molar-refractivity contribution in [2.45, 2.75) is 58.7 Å². The van der Waals surface area contributed by atoms with Crippen molar-refractivity contribution < 1.29 is 24.2 Å². The highest BCUT2D eigenvalue weighted by molar-refractivity contribution is 6.30. The lowest BCUT2D eigenvalue weighted by molar-refractivity contribution is -0.143. The number of amides is 2. The van der Waals surface area contributed by atoms with Gasteiger partial charge in [-0.1, -0.05) is 76.0 Å². The van der Waals surface area contributed by atoms with Crippen LogP contribution in [0.2, 0.25) is 5.02 Å². The summed E-state index contributed by atoms with van der Waals surface area (Å²) in [4.78, 5) is 38.3. The molecule has 0 saturated heterocycles. The van der Waals surface area contributed by atoms with E-state index in [1.807, 2.05) is 51.1 Å². The van der Waals surface area contributed by atoms with Crippen molar-refractivity contribution in [1.29, 1.82) is 0 Å². The van der Waals surface area contributed by atoms with Crippen LogP contribution in [-0.4, -0.2) is 47.6 Å². The molecule has 4 atom stereocenters. The van der Waals surface area contributed by atoms with Crippen LogP contribution < -0.4 is 21.1 Å². The molecular formula is C27H36ClN3O5. The highest BCUT2D eigenvalue weighted by atomic mass is 35.5. The van der Waals surface area contributed by atoms with E-state index < -0.39 is 29.9 Å². The van der Waals surface area contributed by atoms with Crippen LogP contribution in [-0.2, 0) is 16.0 Å². The van der Waals surface area contributed by atoms with Crippen molar-refractivity contribution in [1.82, 2.24) is 10.6 Å². The number of carbonyl (C=O) groups is 3. The number of halogens is 1. The van der Waals surface area contributed by atoms with Crippen LogP contribution in [0, 0.1) is 11.8 Å². The molecule has 0 aromatic heterocycles. The zero-order valence-corrected chi connectivity index (χ0v) is 21.9. The van der Waals surface area contributed by atoms with Gasteiger partial charge in [0.1, 0.15) is 24.4 Å². The number of aliphatic carboxylic acids is 1. The van der Waals surface area contributed by atoms with Crippen molar-refractivity contribution in [2.24, 2.45) is 17.6 Å². The molecule has 0 aliphatic heterocycles. The summed E-state index contributed by atoms with van der Waals surface area (Å²) < 4.78 is 5.82. The summed E-state index contributed by atoms with van der Waals surface area (Å²) in [6, 6.07) is 11.4. The Morgan fingerprint density at radius 3 is 2.31 bits per heavy atom. The van der Waals surface area contributed by atoms with Crippen LogP contribution >= 0.6 is 11.6 Å². The van der Waals surface area contributed by atoms with Crippen LogP contribution in [0.1, 0.15) is 50.0 Å². The van der Waals surface area contributed by atoms with E-state index in [-0.39, 0.29) is 42.2 Å². The fourth-order valence-corrected chi connectivity index (χ4v) is 3.58. The Labute approximate surface area is 217 Å². The maximum atomic E-state index is 13.3. The number of carboxylic acid groups (broad SMARTS) is 1. The number of nitrogens with one attached hydrogen (secondary N) is 2. The molecule has 5 N–H and O–H groups in total. The zero-order valence-electron chi connectivity index (χ0n) is 21.2. The molecule has 0 spiro atoms. The van der Waals surface area contributed by atoms with Gasteiger partial charge in [0.25, 0.3) is 5.91 Å². The molecule has 196 valence electrons. The Hall–Kier alpha value is -3.10. The second-order valence-electron chi connectivity index (χ2n) is 9.29. The summed E-state index contributed by atoms with van der Waals surface area (Å²) >= 11 is 6.13. The van der Waals surface area contributed by atoms with Crippen LogP contribution in [0.3, 0.4) is 0 Å². The van der Waals surface area contributed by atoms with Crippen LogP contribution in [0.5, 0.6) is 5.75 Å². The molecular weight excluding hydrogens is 482 g/mol. The van der Waals surface area contributed by atoms with Crippen molar-refractivity contribution in [3.63, 3.8) is 0 Å². The van der Waals surface area contributed by atoms with Gasteiger partial charge in [-0.05, 0) is 35.6 Å². The third kappa shape index (κ3) is 8.53. The number of carboxylic acids is 1. The summed E-state index contributed by atoms with van der Waals surface area (Å²) in [5, 5.41) is 15.4. The highest BCUT2D eigenvalue weighted by Gasteiger charge is 2.30. The summed E-state index contributed by atoms with van der Waals surface area (Å²) in [5.74, 6) is -2.13. The molecule has 2 aromatic rings. The van der Waals surface area contributed by atoms with Gasteiger partial charge in [-0.3, -0.25) is 9.59 Å². The lowest BCUT2D eigenvalue weighted by Crippen LogP contribution is -2.54. The van der Waals surface area contributed by atoms with Crippen molar-refractivity contribution in [2.75, 3.05) is 6.61 Å². The Balaban J connectivity index is 2.30. The van der Waals surface area contributed by atoms with E-state index in [1.165, 1.54) is 12.1 Å². The van der Waals surface area contributed by atoms with Crippen molar-refractivity contribution >= 4 is 29.4 Å². The largest absolute Gasteiger partial charge is 0.491 e. The zero-order chi connectivity index (χ0) is 26.8. The average molecular weight is 518 g/mol. The molecule has 0 aliphatic rings. The highest BCUT2D eigenvalue weighted by Crippen LogP contribution is 2.24. The minimum absolute atomic E-state index is 0.174. The number of nitrogens with two attached hydrogens (primary N) is 1. The molecule has 2 rings (SSSR count). The minimum atomic E-state index is -1.13. The van der Waals surface area contributed by atoms with E-state index in [0.717, 1.165) is 5.56 Å². The molecule has 0 aliphatic carbocycles. The lowest BCUT2D eigenvalue weighted by atomic mass is 9.98. The standard InChI is InChI=1S/C27H36ClN3O5/c1-5-17(4)24(27(34)35)31-26(33)22(13-18-9-7-6-8-10-18)30-25(32)20-12-11-19(28)14-23(20)36-15-21(29)16(2)3/h6-12,14,16-17,21-22,24H,5,13,15,29H2,1-4H3,(H,30,32)(H,31,33)(H,34,35)/t17-,21-,22-,24-/m0/s1. The number of benzene rings is 2. The van der Waals surface area contributed by atoms with Crippen molar-refractivity contribution in [3.05, 3.63) is 64.7 Å². The third-order valence-electron chi connectivity index (χ3n) is 6.16. The molecule has 0 heterocycles. The van der Waals surface area contributed by atoms with Crippen LogP contribution in [0.4, 0.5) is 0 Å². The third-order valence-corrected chi connectivity index (χ3v) is 6.39. The molecule has 0 bridgehead atoms. The maximum Gasteiger partial charge on any atom is 0.326 e. The topological polar surface area (TPSA) is 131 Å². The van der Waals surface area contributed by atoms with Gasteiger partial charge in [-0.25, -0.2) is 4.79 Å². The minimum Gasteiger partial charge on any atom is -0.491 e. The second-order valence-corrected chi connectivity index (χ2v) is 9.72. The average Bonchev–Trinajstić information content (AvgIpc) is 2.85. The van der Waals surface area contributed by atoms with Gasteiger partial charge >= 0.3 is 5.97 Å². The lowest BCUT2D eigenvalue weighted by Gasteiger charge is -2.25. The Morgan fingerprint density at radius 2 is 1.72 bits per heavy atom. The van der Waals surface area contributed by atoms with Gasteiger partial charge in [-0.2, -0.15) is 0 Å². The molecule has 0 fully saturated rings. The Kier molecular flexibility index (Phi) is 11.2. The number of hydrogen-bond donors (Lipinski definition) is 4.